The Balaban J connectivity index is 1.73. The van der Waals surface area contributed by atoms with E-state index >= 15 is 0 Å². The van der Waals surface area contributed by atoms with E-state index in [2.05, 4.69) is 5.32 Å². The number of nitrogens with one attached hydrogen (secondary N) is 1. The quantitative estimate of drug-likeness (QED) is 0.470. The van der Waals surface area contributed by atoms with Gasteiger partial charge in [0, 0.05) is 36.6 Å². The smallest absolute Gasteiger partial charge is 0.242 e. The Kier molecular flexibility index (Phi) is 9.08. The predicted octanol–water partition coefficient (Wildman–Crippen LogP) is 3.56. The lowest BCUT2D eigenvalue weighted by atomic mass is 10.1. The molecule has 3 rings (SSSR count). The summed E-state index contributed by atoms with van der Waals surface area (Å²) in [6, 6.07) is 11.2. The van der Waals surface area contributed by atoms with E-state index < -0.39 is 16.1 Å². The molecule has 0 bridgehead atoms. The molecule has 36 heavy (non-hydrogen) atoms. The number of rotatable bonds is 11. The number of hydrogen-bond acceptors (Lipinski definition) is 6. The SMILES string of the molecule is CC(C)NC(=O)[C@H](C)N(Cc1cccc(Cl)c1)C(=O)CCCN(c1ccc2c(c1)OCO2)S(C)(=O)=O. The van der Waals surface area contributed by atoms with Crippen LogP contribution in [0.15, 0.2) is 42.5 Å². The monoisotopic (exact) mass is 537 g/mol. The van der Waals surface area contributed by atoms with Crippen molar-refractivity contribution in [3.8, 4) is 11.5 Å². The standard InChI is InChI=1S/C25H32ClN3O6S/c1-17(2)27-25(31)18(3)28(15-19-7-5-8-20(26)13-19)24(30)9-6-12-29(36(4,32)33)21-10-11-22-23(14-21)35-16-34-22/h5,7-8,10-11,13-14,17-18H,6,9,12,15-16H2,1-4H3,(H,27,31)/t18-/m0/s1. The van der Waals surface area contributed by atoms with Crippen molar-refractivity contribution in [3.05, 3.63) is 53.1 Å². The van der Waals surface area contributed by atoms with Crippen LogP contribution in [0.3, 0.4) is 0 Å². The first kappa shape index (κ1) is 27.6. The predicted molar refractivity (Wildman–Crippen MR) is 139 cm³/mol. The van der Waals surface area contributed by atoms with Gasteiger partial charge in [-0.2, -0.15) is 0 Å². The van der Waals surface area contributed by atoms with Gasteiger partial charge in [-0.25, -0.2) is 8.42 Å². The molecule has 196 valence electrons. The molecule has 1 N–H and O–H groups in total. The molecule has 2 aromatic carbocycles. The highest BCUT2D eigenvalue weighted by molar-refractivity contribution is 7.92. The number of fused-ring (bicyclic) bond motifs is 1. The summed E-state index contributed by atoms with van der Waals surface area (Å²) in [5.74, 6) is 0.488. The van der Waals surface area contributed by atoms with Gasteiger partial charge in [0.25, 0.3) is 0 Å². The lowest BCUT2D eigenvalue weighted by Gasteiger charge is -2.30. The first-order valence-electron chi connectivity index (χ1n) is 11.7. The van der Waals surface area contributed by atoms with E-state index in [1.807, 2.05) is 19.9 Å². The van der Waals surface area contributed by atoms with Crippen molar-refractivity contribution < 1.29 is 27.5 Å². The fraction of sp³-hybridized carbons (Fsp3) is 0.440. The van der Waals surface area contributed by atoms with Crippen LogP contribution >= 0.6 is 11.6 Å². The number of carbonyl (C=O) groups is 2. The van der Waals surface area contributed by atoms with Gasteiger partial charge in [0.1, 0.15) is 6.04 Å². The van der Waals surface area contributed by atoms with Crippen LogP contribution in [0.25, 0.3) is 0 Å². The maximum Gasteiger partial charge on any atom is 0.242 e. The number of carbonyl (C=O) groups excluding carboxylic acids is 2. The lowest BCUT2D eigenvalue weighted by molar-refractivity contribution is -0.140. The zero-order valence-electron chi connectivity index (χ0n) is 20.9. The van der Waals surface area contributed by atoms with E-state index in [-0.39, 0.29) is 50.6 Å². The molecule has 0 aliphatic carbocycles. The second-order valence-electron chi connectivity index (χ2n) is 8.97. The molecule has 11 heteroatoms. The summed E-state index contributed by atoms with van der Waals surface area (Å²) < 4.78 is 36.9. The Labute approximate surface area is 217 Å². The molecule has 0 radical (unpaired) electrons. The molecule has 2 amide bonds. The van der Waals surface area contributed by atoms with E-state index in [1.54, 1.807) is 43.3 Å². The number of sulfonamides is 1. The van der Waals surface area contributed by atoms with Gasteiger partial charge in [0.15, 0.2) is 11.5 Å². The fourth-order valence-electron chi connectivity index (χ4n) is 3.86. The van der Waals surface area contributed by atoms with Gasteiger partial charge >= 0.3 is 0 Å². The Morgan fingerprint density at radius 3 is 2.47 bits per heavy atom. The van der Waals surface area contributed by atoms with Gasteiger partial charge in [-0.3, -0.25) is 13.9 Å². The summed E-state index contributed by atoms with van der Waals surface area (Å²) in [5, 5.41) is 3.38. The molecule has 0 saturated heterocycles. The van der Waals surface area contributed by atoms with Crippen LogP contribution in [0, 0.1) is 0 Å². The third-order valence-corrected chi connectivity index (χ3v) is 7.07. The Morgan fingerprint density at radius 1 is 1.08 bits per heavy atom. The van der Waals surface area contributed by atoms with Crippen LogP contribution in [0.5, 0.6) is 11.5 Å². The van der Waals surface area contributed by atoms with Crippen LogP contribution < -0.4 is 19.1 Å². The number of benzene rings is 2. The molecule has 2 aromatic rings. The van der Waals surface area contributed by atoms with Gasteiger partial charge in [0.2, 0.25) is 28.6 Å². The zero-order valence-corrected chi connectivity index (χ0v) is 22.4. The van der Waals surface area contributed by atoms with Crippen molar-refractivity contribution in [2.45, 2.75) is 52.2 Å². The van der Waals surface area contributed by atoms with E-state index in [0.29, 0.717) is 22.2 Å². The maximum absolute atomic E-state index is 13.3. The fourth-order valence-corrected chi connectivity index (χ4v) is 5.03. The van der Waals surface area contributed by atoms with Crippen molar-refractivity contribution >= 4 is 39.1 Å². The minimum absolute atomic E-state index is 0.0520. The zero-order chi connectivity index (χ0) is 26.5. The first-order valence-corrected chi connectivity index (χ1v) is 13.9. The molecule has 1 aliphatic heterocycles. The average molecular weight is 538 g/mol. The second kappa shape index (κ2) is 11.8. The van der Waals surface area contributed by atoms with E-state index in [0.717, 1.165) is 11.8 Å². The highest BCUT2D eigenvalue weighted by atomic mass is 35.5. The van der Waals surface area contributed by atoms with Crippen molar-refractivity contribution in [1.29, 1.82) is 0 Å². The summed E-state index contributed by atoms with van der Waals surface area (Å²) in [6.45, 7) is 5.74. The van der Waals surface area contributed by atoms with Crippen molar-refractivity contribution in [2.75, 3.05) is 23.9 Å². The number of anilines is 1. The molecule has 1 aliphatic rings. The van der Waals surface area contributed by atoms with E-state index in [4.69, 9.17) is 21.1 Å². The van der Waals surface area contributed by atoms with Crippen LogP contribution in [-0.2, 0) is 26.2 Å². The molecule has 1 heterocycles. The largest absolute Gasteiger partial charge is 0.454 e. The van der Waals surface area contributed by atoms with Crippen LogP contribution in [-0.4, -0.2) is 56.8 Å². The third-order valence-electron chi connectivity index (χ3n) is 5.64. The van der Waals surface area contributed by atoms with Gasteiger partial charge < -0.3 is 19.7 Å². The van der Waals surface area contributed by atoms with Crippen LogP contribution in [0.4, 0.5) is 5.69 Å². The van der Waals surface area contributed by atoms with Crippen LogP contribution in [0.1, 0.15) is 39.2 Å². The maximum atomic E-state index is 13.3. The van der Waals surface area contributed by atoms with E-state index in [9.17, 15) is 18.0 Å². The number of hydrogen-bond donors (Lipinski definition) is 1. The minimum Gasteiger partial charge on any atom is -0.454 e. The van der Waals surface area contributed by atoms with Crippen molar-refractivity contribution in [2.24, 2.45) is 0 Å². The van der Waals surface area contributed by atoms with Crippen molar-refractivity contribution in [1.82, 2.24) is 10.2 Å². The summed E-state index contributed by atoms with van der Waals surface area (Å²) >= 11 is 6.11. The number of amides is 2. The Hall–Kier alpha value is -2.98. The molecule has 0 aromatic heterocycles. The normalized spacial score (nSPS) is 13.4. The van der Waals surface area contributed by atoms with Crippen molar-refractivity contribution in [3.63, 3.8) is 0 Å². The second-order valence-corrected chi connectivity index (χ2v) is 11.3. The highest BCUT2D eigenvalue weighted by Gasteiger charge is 2.27. The molecule has 1 atom stereocenters. The van der Waals surface area contributed by atoms with Gasteiger partial charge in [-0.1, -0.05) is 23.7 Å². The Bertz CT molecular complexity index is 1200. The van der Waals surface area contributed by atoms with Gasteiger partial charge in [-0.05, 0) is 57.0 Å². The Morgan fingerprint density at radius 2 is 1.81 bits per heavy atom. The molecule has 0 spiro atoms. The number of nitrogens with zero attached hydrogens (tertiary/aromatic N) is 2. The minimum atomic E-state index is -3.62. The number of ether oxygens (including phenoxy) is 2. The summed E-state index contributed by atoms with van der Waals surface area (Å²) in [6.07, 6.45) is 1.42. The molecular formula is C25H32ClN3O6S. The summed E-state index contributed by atoms with van der Waals surface area (Å²) in [7, 11) is -3.62. The first-order chi connectivity index (χ1) is 17.0. The molecule has 0 unspecified atom stereocenters. The lowest BCUT2D eigenvalue weighted by Crippen LogP contribution is -2.49. The molecule has 9 nitrogen and oxygen atoms in total. The van der Waals surface area contributed by atoms with Crippen LogP contribution in [0.2, 0.25) is 5.02 Å². The number of halogens is 1. The molecule has 0 fully saturated rings. The summed E-state index contributed by atoms with van der Waals surface area (Å²) in [4.78, 5) is 27.5. The third kappa shape index (κ3) is 7.27. The molecular weight excluding hydrogens is 506 g/mol. The van der Waals surface area contributed by atoms with E-state index in [1.165, 1.54) is 9.21 Å². The average Bonchev–Trinajstić information content (AvgIpc) is 3.26. The highest BCUT2D eigenvalue weighted by Crippen LogP contribution is 2.36. The van der Waals surface area contributed by atoms with Gasteiger partial charge in [0.05, 0.1) is 11.9 Å². The summed E-state index contributed by atoms with van der Waals surface area (Å²) in [5.41, 5.74) is 1.22. The van der Waals surface area contributed by atoms with Gasteiger partial charge in [-0.15, -0.1) is 0 Å². The topological polar surface area (TPSA) is 105 Å². The molecule has 0 saturated carbocycles.